The summed E-state index contributed by atoms with van der Waals surface area (Å²) in [6, 6.07) is 6.08. The van der Waals surface area contributed by atoms with E-state index in [1.54, 1.807) is 0 Å². The highest BCUT2D eigenvalue weighted by Gasteiger charge is 2.44. The summed E-state index contributed by atoms with van der Waals surface area (Å²) in [6.45, 7) is 8.05. The average molecular weight is 461 g/mol. The maximum absolute atomic E-state index is 12.2. The van der Waals surface area contributed by atoms with Crippen molar-refractivity contribution in [2.24, 2.45) is 23.7 Å². The zero-order valence-corrected chi connectivity index (χ0v) is 21.0. The van der Waals surface area contributed by atoms with E-state index in [-0.39, 0.29) is 42.7 Å². The molecule has 0 unspecified atom stereocenters. The Morgan fingerprint density at radius 1 is 1.15 bits per heavy atom. The number of carbonyl (C=O) groups excluding carboxylic acids is 1. The number of aliphatic hydroxyl groups is 2. The summed E-state index contributed by atoms with van der Waals surface area (Å²) < 4.78 is 11.3. The number of hydrogen-bond acceptors (Lipinski definition) is 5. The van der Waals surface area contributed by atoms with Gasteiger partial charge in [0.25, 0.3) is 0 Å². The number of hydrogen-bond donors (Lipinski definition) is 2. The first-order chi connectivity index (χ1) is 15.8. The van der Waals surface area contributed by atoms with Gasteiger partial charge < -0.3 is 19.7 Å². The quantitative estimate of drug-likeness (QED) is 0.336. The smallest absolute Gasteiger partial charge is 0.344 e. The molecule has 3 rings (SSSR count). The zero-order chi connectivity index (χ0) is 24.0. The molecule has 33 heavy (non-hydrogen) atoms. The van der Waals surface area contributed by atoms with Crippen LogP contribution in [0.25, 0.3) is 0 Å². The second-order valence-corrected chi connectivity index (χ2v) is 10.6. The van der Waals surface area contributed by atoms with E-state index < -0.39 is 0 Å². The van der Waals surface area contributed by atoms with Crippen LogP contribution in [-0.4, -0.2) is 41.1 Å². The van der Waals surface area contributed by atoms with Gasteiger partial charge in [-0.25, -0.2) is 4.79 Å². The molecule has 0 aromatic heterocycles. The van der Waals surface area contributed by atoms with Crippen molar-refractivity contribution in [3.63, 3.8) is 0 Å². The summed E-state index contributed by atoms with van der Waals surface area (Å²) in [4.78, 5) is 12.2. The first-order valence-corrected chi connectivity index (χ1v) is 13.1. The molecule has 0 spiro atoms. The lowest BCUT2D eigenvalue weighted by Crippen LogP contribution is -2.28. The number of fused-ring (bicyclic) bond motifs is 2. The fraction of sp³-hybridized carbons (Fsp3) is 0.750. The highest BCUT2D eigenvalue weighted by atomic mass is 16.6. The first kappa shape index (κ1) is 26.0. The van der Waals surface area contributed by atoms with Crippen LogP contribution >= 0.6 is 0 Å². The van der Waals surface area contributed by atoms with Crippen molar-refractivity contribution in [3.05, 3.63) is 29.3 Å². The number of aliphatic hydroxyl groups excluding tert-OH is 2. The molecular weight excluding hydrogens is 416 g/mol. The van der Waals surface area contributed by atoms with Crippen LogP contribution < -0.4 is 4.74 Å². The second-order valence-electron chi connectivity index (χ2n) is 10.6. The molecule has 5 heteroatoms. The van der Waals surface area contributed by atoms with Gasteiger partial charge in [0.05, 0.1) is 12.2 Å². The van der Waals surface area contributed by atoms with E-state index in [9.17, 15) is 15.0 Å². The molecule has 0 amide bonds. The van der Waals surface area contributed by atoms with E-state index in [1.165, 1.54) is 24.0 Å². The fourth-order valence-electron chi connectivity index (χ4n) is 5.61. The number of carbonyl (C=O) groups is 1. The van der Waals surface area contributed by atoms with E-state index in [0.29, 0.717) is 11.8 Å². The van der Waals surface area contributed by atoms with E-state index in [2.05, 4.69) is 13.0 Å². The van der Waals surface area contributed by atoms with E-state index in [0.717, 1.165) is 50.7 Å². The van der Waals surface area contributed by atoms with Crippen molar-refractivity contribution < 1.29 is 24.5 Å². The topological polar surface area (TPSA) is 76.0 Å². The number of benzene rings is 1. The highest BCUT2D eigenvalue weighted by molar-refractivity contribution is 5.71. The molecule has 0 heterocycles. The molecule has 2 aliphatic rings. The minimum atomic E-state index is -0.337. The first-order valence-electron chi connectivity index (χ1n) is 13.1. The summed E-state index contributed by atoms with van der Waals surface area (Å²) in [5.74, 6) is 1.83. The molecule has 2 N–H and O–H groups in total. The third kappa shape index (κ3) is 6.95. The minimum absolute atomic E-state index is 0.0806. The maximum atomic E-state index is 12.2. The summed E-state index contributed by atoms with van der Waals surface area (Å²) >= 11 is 0. The molecule has 5 nitrogen and oxygen atoms in total. The monoisotopic (exact) mass is 460 g/mol. The summed E-state index contributed by atoms with van der Waals surface area (Å²) in [5.41, 5.74) is 2.44. The third-order valence-electron chi connectivity index (χ3n) is 7.92. The van der Waals surface area contributed by atoms with Crippen LogP contribution in [0.5, 0.6) is 5.75 Å². The minimum Gasteiger partial charge on any atom is -0.482 e. The van der Waals surface area contributed by atoms with E-state index in [1.807, 2.05) is 32.9 Å². The van der Waals surface area contributed by atoms with Crippen LogP contribution in [-0.2, 0) is 22.4 Å². The van der Waals surface area contributed by atoms with E-state index in [4.69, 9.17) is 9.47 Å². The number of unbranched alkanes of at least 4 members (excludes halogenated alkanes) is 2. The van der Waals surface area contributed by atoms with E-state index >= 15 is 0 Å². The number of esters is 1. The molecule has 186 valence electrons. The van der Waals surface area contributed by atoms with Gasteiger partial charge in [0.2, 0.25) is 0 Å². The Balaban J connectivity index is 1.58. The molecule has 0 saturated heterocycles. The van der Waals surface area contributed by atoms with Gasteiger partial charge >= 0.3 is 5.97 Å². The third-order valence-corrected chi connectivity index (χ3v) is 7.92. The predicted octanol–water partition coefficient (Wildman–Crippen LogP) is 5.09. The Hall–Kier alpha value is -1.59. The Bertz CT molecular complexity index is 761. The Morgan fingerprint density at radius 2 is 1.94 bits per heavy atom. The molecule has 0 bridgehead atoms. The largest absolute Gasteiger partial charge is 0.482 e. The molecule has 1 aromatic carbocycles. The van der Waals surface area contributed by atoms with Crippen LogP contribution in [0, 0.1) is 23.7 Å². The lowest BCUT2D eigenvalue weighted by molar-refractivity contribution is -0.152. The normalized spacial score (nSPS) is 25.9. The van der Waals surface area contributed by atoms with Gasteiger partial charge in [0, 0.05) is 0 Å². The van der Waals surface area contributed by atoms with Crippen molar-refractivity contribution in [1.82, 2.24) is 0 Å². The fourth-order valence-corrected chi connectivity index (χ4v) is 5.61. The van der Waals surface area contributed by atoms with Crippen LogP contribution in [0.2, 0.25) is 0 Å². The number of ether oxygens (including phenoxy) is 2. The summed E-state index contributed by atoms with van der Waals surface area (Å²) in [5, 5.41) is 21.2. The SMILES string of the molecule is CCCCC[C@@H](O)CC[C@@H]1[C@H]2Cc3cccc(OCC(=O)O[C@H](C)C(C)C)c3C[C@H]2C[C@H]1O. The van der Waals surface area contributed by atoms with Crippen molar-refractivity contribution in [3.8, 4) is 5.75 Å². The van der Waals surface area contributed by atoms with Crippen molar-refractivity contribution in [2.75, 3.05) is 6.61 Å². The van der Waals surface area contributed by atoms with Crippen molar-refractivity contribution in [2.45, 2.75) is 104 Å². The molecule has 2 aliphatic carbocycles. The highest BCUT2D eigenvalue weighted by Crippen LogP contribution is 2.48. The molecule has 0 radical (unpaired) electrons. The second kappa shape index (κ2) is 12.2. The Kier molecular flexibility index (Phi) is 9.63. The molecule has 0 aliphatic heterocycles. The molecule has 1 saturated carbocycles. The van der Waals surface area contributed by atoms with Crippen molar-refractivity contribution >= 4 is 5.97 Å². The van der Waals surface area contributed by atoms with Gasteiger partial charge in [-0.1, -0.05) is 52.2 Å². The van der Waals surface area contributed by atoms with Gasteiger partial charge in [-0.3, -0.25) is 0 Å². The number of rotatable bonds is 12. The zero-order valence-electron chi connectivity index (χ0n) is 21.0. The molecule has 1 aromatic rings. The van der Waals surface area contributed by atoms with Gasteiger partial charge in [0.1, 0.15) is 11.9 Å². The Morgan fingerprint density at radius 3 is 2.67 bits per heavy atom. The maximum Gasteiger partial charge on any atom is 0.344 e. The standard InChI is InChI=1S/C28H44O5/c1-5-6-7-10-22(29)12-13-23-24-14-20-9-8-11-27(25(20)15-21(24)16-26(23)30)32-17-28(31)33-19(4)18(2)3/h8-9,11,18-19,21-24,26,29-30H,5-7,10,12-17H2,1-4H3/t19-,21+,22-,23-,24+,26-/m1/s1. The molecule has 1 fully saturated rings. The van der Waals surface area contributed by atoms with Crippen LogP contribution in [0.15, 0.2) is 18.2 Å². The van der Waals surface area contributed by atoms with Gasteiger partial charge in [0.15, 0.2) is 6.61 Å². The van der Waals surface area contributed by atoms with Crippen molar-refractivity contribution in [1.29, 1.82) is 0 Å². The lowest BCUT2D eigenvalue weighted by Gasteiger charge is -2.32. The Labute approximate surface area is 199 Å². The summed E-state index contributed by atoms with van der Waals surface area (Å²) in [7, 11) is 0. The van der Waals surface area contributed by atoms with Crippen LogP contribution in [0.4, 0.5) is 0 Å². The predicted molar refractivity (Wildman–Crippen MR) is 130 cm³/mol. The van der Waals surface area contributed by atoms with Gasteiger partial charge in [-0.2, -0.15) is 0 Å². The molecular formula is C28H44O5. The molecule has 6 atom stereocenters. The van der Waals surface area contributed by atoms with Crippen LogP contribution in [0.3, 0.4) is 0 Å². The van der Waals surface area contributed by atoms with Gasteiger partial charge in [-0.15, -0.1) is 0 Å². The summed E-state index contributed by atoms with van der Waals surface area (Å²) in [6.07, 6.45) is 7.89. The van der Waals surface area contributed by atoms with Gasteiger partial charge in [-0.05, 0) is 86.3 Å². The average Bonchev–Trinajstić information content (AvgIpc) is 3.08. The lowest BCUT2D eigenvalue weighted by atomic mass is 9.73. The van der Waals surface area contributed by atoms with Crippen LogP contribution in [0.1, 0.15) is 83.8 Å².